The van der Waals surface area contributed by atoms with Gasteiger partial charge in [-0.15, -0.1) is 0 Å². The summed E-state index contributed by atoms with van der Waals surface area (Å²) in [5.41, 5.74) is 1.50. The van der Waals surface area contributed by atoms with Gasteiger partial charge in [0.1, 0.15) is 0 Å². The second kappa shape index (κ2) is 3.61. The third-order valence-corrected chi connectivity index (χ3v) is 3.28. The summed E-state index contributed by atoms with van der Waals surface area (Å²) < 4.78 is 0. The van der Waals surface area contributed by atoms with E-state index in [0.29, 0.717) is 0 Å². The third-order valence-electron chi connectivity index (χ3n) is 2.59. The summed E-state index contributed by atoms with van der Waals surface area (Å²) >= 11 is 3.59. The number of halogens is 1. The van der Waals surface area contributed by atoms with Crippen molar-refractivity contribution in [2.24, 2.45) is 5.92 Å². The molecule has 1 saturated carbocycles. The van der Waals surface area contributed by atoms with Crippen LogP contribution in [0.2, 0.25) is 0 Å². The minimum atomic E-state index is 0.756. The summed E-state index contributed by atoms with van der Waals surface area (Å²) in [6.07, 6.45) is 2.84. The Balaban J connectivity index is 2.15. The maximum Gasteiger partial charge on any atom is 0.0103 e. The molecule has 0 aliphatic heterocycles. The van der Waals surface area contributed by atoms with Gasteiger partial charge in [0.05, 0.1) is 0 Å². The summed E-state index contributed by atoms with van der Waals surface area (Å²) in [4.78, 5) is 0. The lowest BCUT2D eigenvalue weighted by atomic mass is 9.97. The first kappa shape index (κ1) is 8.31. The highest BCUT2D eigenvalue weighted by atomic mass is 79.9. The van der Waals surface area contributed by atoms with Gasteiger partial charge in [0, 0.05) is 5.33 Å². The van der Waals surface area contributed by atoms with Crippen LogP contribution in [0.1, 0.15) is 24.3 Å². The lowest BCUT2D eigenvalue weighted by molar-refractivity contribution is 0.677. The Bertz CT molecular complexity index is 238. The average molecular weight is 225 g/mol. The van der Waals surface area contributed by atoms with Crippen molar-refractivity contribution in [3.8, 4) is 0 Å². The Morgan fingerprint density at radius 3 is 2.42 bits per heavy atom. The van der Waals surface area contributed by atoms with Crippen molar-refractivity contribution >= 4 is 15.9 Å². The van der Waals surface area contributed by atoms with Crippen molar-refractivity contribution in [2.75, 3.05) is 5.33 Å². The first-order valence-corrected chi connectivity index (χ1v) is 5.65. The molecule has 0 radical (unpaired) electrons. The Morgan fingerprint density at radius 1 is 1.25 bits per heavy atom. The molecule has 1 heteroatoms. The van der Waals surface area contributed by atoms with Crippen molar-refractivity contribution in [1.29, 1.82) is 0 Å². The van der Waals surface area contributed by atoms with Gasteiger partial charge >= 0.3 is 0 Å². The van der Waals surface area contributed by atoms with E-state index in [9.17, 15) is 0 Å². The van der Waals surface area contributed by atoms with Crippen LogP contribution in [0.15, 0.2) is 30.3 Å². The molecule has 0 spiro atoms. The van der Waals surface area contributed by atoms with Gasteiger partial charge < -0.3 is 0 Å². The Morgan fingerprint density at radius 2 is 1.92 bits per heavy atom. The summed E-state index contributed by atoms with van der Waals surface area (Å²) in [7, 11) is 0. The second-order valence-corrected chi connectivity index (χ2v) is 4.16. The quantitative estimate of drug-likeness (QED) is 0.690. The molecule has 0 amide bonds. The largest absolute Gasteiger partial charge is 0.0921 e. The molecule has 12 heavy (non-hydrogen) atoms. The van der Waals surface area contributed by atoms with E-state index < -0.39 is 0 Å². The standard InChI is InChI=1S/C11H13Br/c12-8-11(10-6-7-10)9-4-2-1-3-5-9/h1-5,10-11H,6-8H2. The predicted molar refractivity (Wildman–Crippen MR) is 55.7 cm³/mol. The fourth-order valence-electron chi connectivity index (χ4n) is 1.69. The Hall–Kier alpha value is -0.300. The van der Waals surface area contributed by atoms with Crippen LogP contribution in [0.3, 0.4) is 0 Å². The zero-order valence-corrected chi connectivity index (χ0v) is 8.63. The molecule has 2 rings (SSSR count). The fraction of sp³-hybridized carbons (Fsp3) is 0.455. The van der Waals surface area contributed by atoms with Gasteiger partial charge in [-0.25, -0.2) is 0 Å². The highest BCUT2D eigenvalue weighted by molar-refractivity contribution is 9.09. The SMILES string of the molecule is BrCC(c1ccccc1)C1CC1. The summed E-state index contributed by atoms with van der Waals surface area (Å²) in [6, 6.07) is 10.8. The van der Waals surface area contributed by atoms with E-state index in [2.05, 4.69) is 46.3 Å². The molecule has 1 aromatic rings. The molecule has 1 unspecified atom stereocenters. The molecule has 1 aliphatic rings. The second-order valence-electron chi connectivity index (χ2n) is 3.51. The van der Waals surface area contributed by atoms with Crippen molar-refractivity contribution in [3.63, 3.8) is 0 Å². The van der Waals surface area contributed by atoms with Crippen molar-refractivity contribution in [2.45, 2.75) is 18.8 Å². The number of hydrogen-bond donors (Lipinski definition) is 0. The predicted octanol–water partition coefficient (Wildman–Crippen LogP) is 3.58. The molecule has 0 nitrogen and oxygen atoms in total. The van der Waals surface area contributed by atoms with Crippen LogP contribution >= 0.6 is 15.9 Å². The molecule has 0 heterocycles. The monoisotopic (exact) mass is 224 g/mol. The lowest BCUT2D eigenvalue weighted by Gasteiger charge is -2.12. The topological polar surface area (TPSA) is 0 Å². The Kier molecular flexibility index (Phi) is 2.50. The zero-order chi connectivity index (χ0) is 8.39. The van der Waals surface area contributed by atoms with Gasteiger partial charge in [-0.1, -0.05) is 46.3 Å². The van der Waals surface area contributed by atoms with Gasteiger partial charge in [-0.05, 0) is 30.2 Å². The van der Waals surface area contributed by atoms with E-state index in [1.54, 1.807) is 0 Å². The smallest absolute Gasteiger partial charge is 0.0103 e. The van der Waals surface area contributed by atoms with E-state index in [-0.39, 0.29) is 0 Å². The molecule has 0 aromatic heterocycles. The molecule has 1 fully saturated rings. The molecule has 1 atom stereocenters. The molecule has 64 valence electrons. The first-order valence-electron chi connectivity index (χ1n) is 4.52. The minimum Gasteiger partial charge on any atom is -0.0921 e. The van der Waals surface area contributed by atoms with E-state index in [0.717, 1.165) is 17.2 Å². The summed E-state index contributed by atoms with van der Waals surface area (Å²) in [5, 5.41) is 1.11. The zero-order valence-electron chi connectivity index (χ0n) is 7.04. The van der Waals surface area contributed by atoms with Gasteiger partial charge in [0.2, 0.25) is 0 Å². The normalized spacial score (nSPS) is 19.1. The van der Waals surface area contributed by atoms with Crippen LogP contribution in [-0.2, 0) is 0 Å². The van der Waals surface area contributed by atoms with Crippen LogP contribution in [0, 0.1) is 5.92 Å². The van der Waals surface area contributed by atoms with Gasteiger partial charge in [-0.3, -0.25) is 0 Å². The van der Waals surface area contributed by atoms with Crippen molar-refractivity contribution in [1.82, 2.24) is 0 Å². The van der Waals surface area contributed by atoms with Gasteiger partial charge in [-0.2, -0.15) is 0 Å². The maximum absolute atomic E-state index is 3.59. The first-order chi connectivity index (χ1) is 5.92. The van der Waals surface area contributed by atoms with Crippen molar-refractivity contribution < 1.29 is 0 Å². The van der Waals surface area contributed by atoms with Crippen molar-refractivity contribution in [3.05, 3.63) is 35.9 Å². The van der Waals surface area contributed by atoms with Crippen LogP contribution < -0.4 is 0 Å². The molecule has 1 aromatic carbocycles. The summed E-state index contributed by atoms with van der Waals surface area (Å²) in [5.74, 6) is 1.71. The Labute approximate surface area is 82.1 Å². The highest BCUT2D eigenvalue weighted by Gasteiger charge is 2.30. The minimum absolute atomic E-state index is 0.756. The number of benzene rings is 1. The molecule has 1 aliphatic carbocycles. The van der Waals surface area contributed by atoms with Crippen LogP contribution in [0.25, 0.3) is 0 Å². The van der Waals surface area contributed by atoms with Gasteiger partial charge in [0.25, 0.3) is 0 Å². The summed E-state index contributed by atoms with van der Waals surface area (Å²) in [6.45, 7) is 0. The number of alkyl halides is 1. The van der Waals surface area contributed by atoms with E-state index in [1.165, 1.54) is 18.4 Å². The van der Waals surface area contributed by atoms with Crippen LogP contribution in [-0.4, -0.2) is 5.33 Å². The lowest BCUT2D eigenvalue weighted by Crippen LogP contribution is -2.01. The van der Waals surface area contributed by atoms with E-state index >= 15 is 0 Å². The molecular formula is C11H13Br. The van der Waals surface area contributed by atoms with Crippen LogP contribution in [0.4, 0.5) is 0 Å². The maximum atomic E-state index is 3.59. The highest BCUT2D eigenvalue weighted by Crippen LogP contribution is 2.43. The molecular weight excluding hydrogens is 212 g/mol. The average Bonchev–Trinajstić information content (AvgIpc) is 2.92. The third kappa shape index (κ3) is 1.71. The number of hydrogen-bond acceptors (Lipinski definition) is 0. The van der Waals surface area contributed by atoms with E-state index in [4.69, 9.17) is 0 Å². The molecule has 0 saturated heterocycles. The van der Waals surface area contributed by atoms with E-state index in [1.807, 2.05) is 0 Å². The molecule has 0 bridgehead atoms. The van der Waals surface area contributed by atoms with Crippen LogP contribution in [0.5, 0.6) is 0 Å². The fourth-order valence-corrected chi connectivity index (χ4v) is 2.59. The number of rotatable bonds is 3. The molecule has 0 N–H and O–H groups in total. The van der Waals surface area contributed by atoms with Gasteiger partial charge in [0.15, 0.2) is 0 Å².